The Bertz CT molecular complexity index is 1340. The number of sulfonamides is 1. The second kappa shape index (κ2) is 10.5. The molecular formula is C25H26N4O4S2. The Morgan fingerprint density at radius 1 is 1.17 bits per heavy atom. The summed E-state index contributed by atoms with van der Waals surface area (Å²) in [6.07, 6.45) is 5.81. The van der Waals surface area contributed by atoms with E-state index < -0.39 is 15.9 Å². The van der Waals surface area contributed by atoms with Gasteiger partial charge in [-0.3, -0.25) is 4.79 Å². The molecule has 0 spiro atoms. The van der Waals surface area contributed by atoms with E-state index in [1.807, 2.05) is 46.0 Å². The van der Waals surface area contributed by atoms with Crippen molar-refractivity contribution in [1.29, 1.82) is 5.26 Å². The molecule has 1 N–H and O–H groups in total. The predicted molar refractivity (Wildman–Crippen MR) is 135 cm³/mol. The molecule has 10 heteroatoms. The molecule has 1 aliphatic rings. The van der Waals surface area contributed by atoms with Crippen LogP contribution in [0, 0.1) is 18.3 Å². The predicted octanol–water partition coefficient (Wildman–Crippen LogP) is 4.67. The van der Waals surface area contributed by atoms with Crippen molar-refractivity contribution in [3.63, 3.8) is 0 Å². The quantitative estimate of drug-likeness (QED) is 0.468. The van der Waals surface area contributed by atoms with Gasteiger partial charge in [0.25, 0.3) is 5.91 Å². The zero-order chi connectivity index (χ0) is 25.0. The summed E-state index contributed by atoms with van der Waals surface area (Å²) in [5, 5.41) is 9.70. The van der Waals surface area contributed by atoms with Gasteiger partial charge < -0.3 is 9.64 Å². The highest BCUT2D eigenvalue weighted by atomic mass is 32.2. The Hall–Kier alpha value is -3.42. The van der Waals surface area contributed by atoms with Crippen molar-refractivity contribution in [3.05, 3.63) is 70.2 Å². The van der Waals surface area contributed by atoms with E-state index in [-0.39, 0.29) is 11.8 Å². The fourth-order valence-electron chi connectivity index (χ4n) is 3.97. The lowest BCUT2D eigenvalue weighted by atomic mass is 10.1. The third-order valence-corrected chi connectivity index (χ3v) is 7.24. The number of thiazole rings is 1. The van der Waals surface area contributed by atoms with E-state index in [1.54, 1.807) is 19.1 Å². The lowest BCUT2D eigenvalue weighted by Gasteiger charge is -2.22. The number of carbonyl (C=O) groups excluding carboxylic acids is 1. The van der Waals surface area contributed by atoms with Gasteiger partial charge in [-0.1, -0.05) is 12.1 Å². The monoisotopic (exact) mass is 510 g/mol. The highest BCUT2D eigenvalue weighted by molar-refractivity contribution is 7.89. The number of carbonyl (C=O) groups is 1. The van der Waals surface area contributed by atoms with Crippen LogP contribution in [-0.2, 0) is 16.6 Å². The van der Waals surface area contributed by atoms with E-state index in [0.29, 0.717) is 22.1 Å². The van der Waals surface area contributed by atoms with E-state index in [4.69, 9.17) is 10.00 Å². The molecule has 1 aromatic heterocycles. The first-order chi connectivity index (χ1) is 16.7. The Morgan fingerprint density at radius 3 is 2.43 bits per heavy atom. The van der Waals surface area contributed by atoms with Crippen LogP contribution in [0.15, 0.2) is 48.5 Å². The van der Waals surface area contributed by atoms with Crippen LogP contribution in [-0.4, -0.2) is 31.7 Å². The number of hydrogen-bond donors (Lipinski definition) is 1. The standard InChI is InChI=1S/C25H26N4O4S2/c1-17-23(24(30)28-35(2,31)32)27-25(34-17)29(20-11-7-18(15-26)8-12-20)16-19-9-13-22(14-10-19)33-21-5-3-4-6-21/h7-14,21H,3-6,16H2,1-2H3,(H,28,30). The minimum absolute atomic E-state index is 0.0642. The van der Waals surface area contributed by atoms with Crippen LogP contribution in [0.4, 0.5) is 10.8 Å². The van der Waals surface area contributed by atoms with Gasteiger partial charge >= 0.3 is 0 Å². The van der Waals surface area contributed by atoms with Crippen molar-refractivity contribution in [2.24, 2.45) is 0 Å². The number of ether oxygens (including phenoxy) is 1. The molecule has 8 nitrogen and oxygen atoms in total. The third-order valence-electron chi connectivity index (χ3n) is 5.69. The number of nitrogens with one attached hydrogen (secondary N) is 1. The smallest absolute Gasteiger partial charge is 0.284 e. The van der Waals surface area contributed by atoms with Crippen LogP contribution in [0.25, 0.3) is 0 Å². The number of hydrogen-bond acceptors (Lipinski definition) is 8. The van der Waals surface area contributed by atoms with Crippen LogP contribution < -0.4 is 14.4 Å². The summed E-state index contributed by atoms with van der Waals surface area (Å²) >= 11 is 1.29. The average molecular weight is 511 g/mol. The Labute approximate surface area is 209 Å². The van der Waals surface area contributed by atoms with Crippen molar-refractivity contribution >= 4 is 38.1 Å². The van der Waals surface area contributed by atoms with Crippen molar-refractivity contribution in [1.82, 2.24) is 9.71 Å². The van der Waals surface area contributed by atoms with Crippen LogP contribution >= 0.6 is 11.3 Å². The molecule has 0 saturated heterocycles. The summed E-state index contributed by atoms with van der Waals surface area (Å²) in [6, 6.07) is 17.1. The van der Waals surface area contributed by atoms with Crippen LogP contribution in [0.3, 0.4) is 0 Å². The maximum absolute atomic E-state index is 12.5. The lowest BCUT2D eigenvalue weighted by molar-refractivity contribution is 0.0977. The number of benzene rings is 2. The second-order valence-electron chi connectivity index (χ2n) is 8.52. The number of aromatic nitrogens is 1. The van der Waals surface area contributed by atoms with Crippen LogP contribution in [0.1, 0.15) is 52.2 Å². The number of amides is 1. The lowest BCUT2D eigenvalue weighted by Crippen LogP contribution is -2.30. The fourth-order valence-corrected chi connectivity index (χ4v) is 5.32. The van der Waals surface area contributed by atoms with Gasteiger partial charge in [-0.15, -0.1) is 11.3 Å². The van der Waals surface area contributed by atoms with Gasteiger partial charge in [-0.25, -0.2) is 18.1 Å². The van der Waals surface area contributed by atoms with Crippen molar-refractivity contribution in [3.8, 4) is 11.8 Å². The van der Waals surface area contributed by atoms with E-state index in [1.165, 1.54) is 24.2 Å². The Balaban J connectivity index is 1.61. The summed E-state index contributed by atoms with van der Waals surface area (Å²) in [5.41, 5.74) is 2.39. The number of nitrogens with zero attached hydrogens (tertiary/aromatic N) is 3. The SMILES string of the molecule is Cc1sc(N(Cc2ccc(OC3CCCC3)cc2)c2ccc(C#N)cc2)nc1C(=O)NS(C)(=O)=O. The highest BCUT2D eigenvalue weighted by Crippen LogP contribution is 2.34. The largest absolute Gasteiger partial charge is 0.490 e. The van der Waals surface area contributed by atoms with Crippen LogP contribution in [0.2, 0.25) is 0 Å². The molecule has 2 aromatic carbocycles. The van der Waals surface area contributed by atoms with E-state index in [9.17, 15) is 13.2 Å². The Morgan fingerprint density at radius 2 is 1.83 bits per heavy atom. The first-order valence-corrected chi connectivity index (χ1v) is 14.0. The molecule has 0 bridgehead atoms. The average Bonchev–Trinajstić information content (AvgIpc) is 3.47. The topological polar surface area (TPSA) is 112 Å². The minimum atomic E-state index is -3.71. The van der Waals surface area contributed by atoms with Crippen molar-refractivity contribution in [2.75, 3.05) is 11.2 Å². The van der Waals surface area contributed by atoms with Gasteiger partial charge in [0.15, 0.2) is 5.13 Å². The van der Waals surface area contributed by atoms with Crippen molar-refractivity contribution in [2.45, 2.75) is 45.3 Å². The number of anilines is 2. The molecule has 1 heterocycles. The summed E-state index contributed by atoms with van der Waals surface area (Å²) in [4.78, 5) is 19.5. The normalized spacial score (nSPS) is 13.9. The van der Waals surface area contributed by atoms with Gasteiger partial charge in [0.2, 0.25) is 10.0 Å². The fraction of sp³-hybridized carbons (Fsp3) is 0.320. The first-order valence-electron chi connectivity index (χ1n) is 11.2. The number of aryl methyl sites for hydroxylation is 1. The van der Waals surface area contributed by atoms with Gasteiger partial charge in [0, 0.05) is 10.6 Å². The molecule has 182 valence electrons. The molecule has 1 fully saturated rings. The molecular weight excluding hydrogens is 484 g/mol. The first kappa shape index (κ1) is 24.7. The zero-order valence-corrected chi connectivity index (χ0v) is 21.2. The second-order valence-corrected chi connectivity index (χ2v) is 11.4. The van der Waals surface area contributed by atoms with E-state index in [0.717, 1.165) is 36.1 Å². The van der Waals surface area contributed by atoms with Gasteiger partial charge in [0.05, 0.1) is 30.5 Å². The molecule has 1 aliphatic carbocycles. The molecule has 4 rings (SSSR count). The molecule has 0 unspecified atom stereocenters. The van der Waals surface area contributed by atoms with Gasteiger partial charge in [-0.05, 0) is 74.6 Å². The molecule has 1 amide bonds. The van der Waals surface area contributed by atoms with Gasteiger partial charge in [0.1, 0.15) is 11.4 Å². The summed E-state index contributed by atoms with van der Waals surface area (Å²) in [6.45, 7) is 2.18. The molecule has 1 saturated carbocycles. The van der Waals surface area contributed by atoms with Crippen LogP contribution in [0.5, 0.6) is 5.75 Å². The maximum Gasteiger partial charge on any atom is 0.284 e. The van der Waals surface area contributed by atoms with Gasteiger partial charge in [-0.2, -0.15) is 5.26 Å². The Kier molecular flexibility index (Phi) is 7.38. The molecule has 0 radical (unpaired) electrons. The van der Waals surface area contributed by atoms with E-state index >= 15 is 0 Å². The maximum atomic E-state index is 12.5. The summed E-state index contributed by atoms with van der Waals surface area (Å²) in [5.74, 6) is 0.0797. The molecule has 0 atom stereocenters. The van der Waals surface area contributed by atoms with Crippen molar-refractivity contribution < 1.29 is 17.9 Å². The third kappa shape index (κ3) is 6.38. The zero-order valence-electron chi connectivity index (χ0n) is 19.5. The molecule has 0 aliphatic heterocycles. The van der Waals surface area contributed by atoms with E-state index in [2.05, 4.69) is 11.1 Å². The number of nitriles is 1. The highest BCUT2D eigenvalue weighted by Gasteiger charge is 2.22. The molecule has 3 aromatic rings. The minimum Gasteiger partial charge on any atom is -0.490 e. The summed E-state index contributed by atoms with van der Waals surface area (Å²) < 4.78 is 31.1. The number of rotatable bonds is 8. The molecule has 35 heavy (non-hydrogen) atoms. The summed E-state index contributed by atoms with van der Waals surface area (Å²) in [7, 11) is -3.71.